The summed E-state index contributed by atoms with van der Waals surface area (Å²) in [5.41, 5.74) is 0.967. The van der Waals surface area contributed by atoms with Gasteiger partial charge in [0.2, 0.25) is 0 Å². The van der Waals surface area contributed by atoms with E-state index >= 15 is 0 Å². The molecule has 1 N–H and O–H groups in total. The lowest BCUT2D eigenvalue weighted by molar-refractivity contribution is -0.115. The Morgan fingerprint density at radius 1 is 1.00 bits per heavy atom. The summed E-state index contributed by atoms with van der Waals surface area (Å²) in [7, 11) is 0. The quantitative estimate of drug-likeness (QED) is 0.270. The number of rotatable bonds is 2. The van der Waals surface area contributed by atoms with E-state index in [-0.39, 0.29) is 45.0 Å². The number of phenolic OH excluding ortho intramolecular Hbond substituents is 1. The van der Waals surface area contributed by atoms with Crippen molar-refractivity contribution in [2.75, 3.05) is 0 Å². The summed E-state index contributed by atoms with van der Waals surface area (Å²) >= 11 is 8.11. The number of carbonyl (C=O) groups excluding carboxylic acids is 2. The van der Waals surface area contributed by atoms with Crippen LogP contribution in [0.1, 0.15) is 23.9 Å². The number of aromatic nitrogens is 3. The van der Waals surface area contributed by atoms with Crippen LogP contribution in [0.15, 0.2) is 90.6 Å². The Kier molecular flexibility index (Phi) is 5.31. The van der Waals surface area contributed by atoms with Gasteiger partial charge in [-0.3, -0.25) is 9.59 Å². The van der Waals surface area contributed by atoms with E-state index in [1.54, 1.807) is 42.5 Å². The zero-order valence-electron chi connectivity index (χ0n) is 18.5. The molecule has 0 fully saturated rings. The monoisotopic (exact) mass is 613 g/mol. The van der Waals surface area contributed by atoms with Gasteiger partial charge in [-0.15, -0.1) is 0 Å². The van der Waals surface area contributed by atoms with E-state index in [1.165, 1.54) is 27.6 Å². The lowest BCUT2D eigenvalue weighted by atomic mass is 9.68. The molecule has 1 aromatic heterocycles. The average molecular weight is 614 g/mol. The highest BCUT2D eigenvalue weighted by Gasteiger charge is 2.45. The van der Waals surface area contributed by atoms with Crippen molar-refractivity contribution in [1.29, 1.82) is 0 Å². The molecular formula is C26H17ClIN3O5. The molecule has 2 aliphatic carbocycles. The average Bonchev–Trinajstić information content (AvgIpc) is 3.13. The van der Waals surface area contributed by atoms with E-state index in [0.717, 1.165) is 4.57 Å². The van der Waals surface area contributed by atoms with E-state index in [0.29, 0.717) is 21.8 Å². The van der Waals surface area contributed by atoms with Gasteiger partial charge in [0.1, 0.15) is 5.75 Å². The Balaban J connectivity index is 1.61. The fraction of sp³-hybridized carbons (Fsp3) is 0.154. The zero-order valence-corrected chi connectivity index (χ0v) is 21.4. The van der Waals surface area contributed by atoms with Crippen LogP contribution in [0.2, 0.25) is 5.02 Å². The number of Topliss-reactive ketones (excluding diaryl/α,β-unsaturated/α-hetero) is 1. The molecule has 0 bridgehead atoms. The fourth-order valence-corrected chi connectivity index (χ4v) is 6.13. The molecule has 0 radical (unpaired) electrons. The van der Waals surface area contributed by atoms with Gasteiger partial charge < -0.3 is 5.11 Å². The summed E-state index contributed by atoms with van der Waals surface area (Å²) in [4.78, 5) is 53.4. The number of ketones is 2. The first-order valence-corrected chi connectivity index (χ1v) is 12.6. The minimum atomic E-state index is -0.803. The van der Waals surface area contributed by atoms with Gasteiger partial charge >= 0.3 is 11.4 Å². The second kappa shape index (κ2) is 8.31. The number of nitrogens with zero attached hydrogens (tertiary/aromatic N) is 3. The molecule has 0 saturated heterocycles. The molecule has 3 aliphatic rings. The number of allylic oxidation sites excluding steroid dienone is 6. The van der Waals surface area contributed by atoms with Crippen molar-refractivity contribution >= 4 is 45.8 Å². The van der Waals surface area contributed by atoms with Crippen molar-refractivity contribution in [2.24, 2.45) is 0 Å². The first kappa shape index (κ1) is 23.0. The number of benzene rings is 2. The van der Waals surface area contributed by atoms with Gasteiger partial charge in [0.25, 0.3) is 0 Å². The molecule has 180 valence electrons. The Morgan fingerprint density at radius 3 is 2.50 bits per heavy atom. The van der Waals surface area contributed by atoms with Crippen molar-refractivity contribution in [3.8, 4) is 11.4 Å². The fourth-order valence-electron chi connectivity index (χ4n) is 5.38. The maximum Gasteiger partial charge on any atom is 0.352 e. The number of carbonyl (C=O) groups is 2. The van der Waals surface area contributed by atoms with E-state index in [9.17, 15) is 24.3 Å². The number of hydrogen-bond donors (Lipinski definition) is 1. The van der Waals surface area contributed by atoms with E-state index in [4.69, 9.17) is 11.6 Å². The van der Waals surface area contributed by atoms with Crippen LogP contribution in [0, 0.1) is 0 Å². The van der Waals surface area contributed by atoms with Crippen LogP contribution in [0.3, 0.4) is 0 Å². The molecule has 36 heavy (non-hydrogen) atoms. The van der Waals surface area contributed by atoms with E-state index in [1.807, 2.05) is 22.6 Å². The normalized spacial score (nSPS) is 20.9. The SMILES string of the molecule is O=C1C=C(I)C(=O)C2=C1C[C@@H]1C(=CCn3c(=O)n(-c4ccccc4)c(=O)n31)[C@@H]2c1cc(Cl)ccc1O. The summed E-state index contributed by atoms with van der Waals surface area (Å²) in [6.07, 6.45) is 3.17. The lowest BCUT2D eigenvalue weighted by Gasteiger charge is -2.39. The summed E-state index contributed by atoms with van der Waals surface area (Å²) in [5, 5.41) is 11.1. The molecule has 1 aliphatic heterocycles. The molecular weight excluding hydrogens is 597 g/mol. The number of halogens is 2. The van der Waals surface area contributed by atoms with Crippen LogP contribution in [-0.4, -0.2) is 30.6 Å². The molecule has 6 rings (SSSR count). The number of aromatic hydroxyl groups is 1. The summed E-state index contributed by atoms with van der Waals surface area (Å²) in [6, 6.07) is 12.5. The van der Waals surface area contributed by atoms with E-state index < -0.39 is 23.3 Å². The van der Waals surface area contributed by atoms with Crippen LogP contribution >= 0.6 is 34.2 Å². The van der Waals surface area contributed by atoms with Gasteiger partial charge in [0, 0.05) is 40.1 Å². The molecule has 2 atom stereocenters. The van der Waals surface area contributed by atoms with E-state index in [2.05, 4.69) is 0 Å². The van der Waals surface area contributed by atoms with Crippen molar-refractivity contribution in [1.82, 2.24) is 13.9 Å². The number of hydrogen-bond acceptors (Lipinski definition) is 5. The first-order chi connectivity index (χ1) is 17.3. The third-order valence-corrected chi connectivity index (χ3v) is 7.95. The Labute approximate surface area is 222 Å². The molecule has 0 amide bonds. The predicted molar refractivity (Wildman–Crippen MR) is 141 cm³/mol. The highest BCUT2D eigenvalue weighted by molar-refractivity contribution is 14.1. The largest absolute Gasteiger partial charge is 0.508 e. The third kappa shape index (κ3) is 3.26. The van der Waals surface area contributed by atoms with Crippen LogP contribution in [0.5, 0.6) is 5.75 Å². The van der Waals surface area contributed by atoms with Crippen LogP contribution in [0.4, 0.5) is 0 Å². The minimum absolute atomic E-state index is 0.0716. The maximum absolute atomic E-state index is 13.6. The smallest absolute Gasteiger partial charge is 0.352 e. The molecule has 8 nitrogen and oxygen atoms in total. The van der Waals surface area contributed by atoms with Crippen LogP contribution < -0.4 is 11.4 Å². The standard InChI is InChI=1S/C26H17ClIN3O5/c27-13-6-7-20(32)16(10-13)22-15-8-9-29-25(35)30(14-4-2-1-3-5-14)26(36)31(29)19(15)11-17-21(33)12-18(28)24(34)23(17)22/h1-8,10,12,19,22,32H,9,11H2/t19-,22-/m1/s1. The highest BCUT2D eigenvalue weighted by Crippen LogP contribution is 2.52. The van der Waals surface area contributed by atoms with Gasteiger partial charge in [-0.05, 0) is 58.5 Å². The topological polar surface area (TPSA) is 103 Å². The van der Waals surface area contributed by atoms with Crippen LogP contribution in [-0.2, 0) is 16.1 Å². The highest BCUT2D eigenvalue weighted by atomic mass is 127. The third-order valence-electron chi connectivity index (χ3n) is 6.92. The van der Waals surface area contributed by atoms with Crippen molar-refractivity contribution in [3.63, 3.8) is 0 Å². The second-order valence-electron chi connectivity index (χ2n) is 8.80. The van der Waals surface area contributed by atoms with Crippen molar-refractivity contribution in [3.05, 3.63) is 113 Å². The molecule has 2 heterocycles. The van der Waals surface area contributed by atoms with Gasteiger partial charge in [-0.2, -0.15) is 0 Å². The molecule has 0 unspecified atom stereocenters. The number of phenols is 1. The number of fused-ring (bicyclic) bond motifs is 3. The van der Waals surface area contributed by atoms with Crippen LogP contribution in [0.25, 0.3) is 5.69 Å². The zero-order chi connectivity index (χ0) is 25.3. The van der Waals surface area contributed by atoms with Crippen molar-refractivity contribution < 1.29 is 14.7 Å². The van der Waals surface area contributed by atoms with Gasteiger partial charge in [0.05, 0.1) is 21.9 Å². The Hall–Kier alpha value is -3.44. The summed E-state index contributed by atoms with van der Waals surface area (Å²) < 4.78 is 4.09. The second-order valence-corrected chi connectivity index (χ2v) is 10.4. The van der Waals surface area contributed by atoms with Gasteiger partial charge in [0.15, 0.2) is 11.6 Å². The summed E-state index contributed by atoms with van der Waals surface area (Å²) in [5.74, 6) is -1.51. The Bertz CT molecular complexity index is 1710. The molecule has 0 spiro atoms. The molecule has 2 aromatic carbocycles. The maximum atomic E-state index is 13.6. The first-order valence-electron chi connectivity index (χ1n) is 11.2. The Morgan fingerprint density at radius 2 is 1.75 bits per heavy atom. The van der Waals surface area contributed by atoms with Gasteiger partial charge in [-0.25, -0.2) is 23.5 Å². The molecule has 0 saturated carbocycles. The summed E-state index contributed by atoms with van der Waals surface area (Å²) in [6.45, 7) is 0.0925. The number of para-hydroxylation sites is 1. The van der Waals surface area contributed by atoms with Crippen molar-refractivity contribution in [2.45, 2.75) is 24.9 Å². The minimum Gasteiger partial charge on any atom is -0.508 e. The molecule has 10 heteroatoms. The lowest BCUT2D eigenvalue weighted by Crippen LogP contribution is -2.40. The molecule has 3 aromatic rings. The predicted octanol–water partition coefficient (Wildman–Crippen LogP) is 3.60. The van der Waals surface area contributed by atoms with Gasteiger partial charge in [-0.1, -0.05) is 35.9 Å².